The van der Waals surface area contributed by atoms with Crippen molar-refractivity contribution in [3.05, 3.63) is 71.8 Å². The van der Waals surface area contributed by atoms with Gasteiger partial charge >= 0.3 is 11.8 Å². The van der Waals surface area contributed by atoms with Gasteiger partial charge in [0.25, 0.3) is 5.91 Å². The van der Waals surface area contributed by atoms with Gasteiger partial charge < -0.3 is 16.4 Å². The summed E-state index contributed by atoms with van der Waals surface area (Å²) in [6, 6.07) is 16.6. The fourth-order valence-electron chi connectivity index (χ4n) is 3.27. The third kappa shape index (κ3) is 5.30. The fraction of sp³-hybridized carbons (Fsp3) is 0.273. The van der Waals surface area contributed by atoms with Crippen LogP contribution >= 0.6 is 0 Å². The van der Waals surface area contributed by atoms with Gasteiger partial charge in [0.05, 0.1) is 6.04 Å². The Labute approximate surface area is 174 Å². The number of nitrogens with two attached hydrogens (primary N) is 1. The first-order valence-corrected chi connectivity index (χ1v) is 9.73. The van der Waals surface area contributed by atoms with Crippen molar-refractivity contribution in [3.63, 3.8) is 0 Å². The standard InChI is InChI=1S/C22H24N4O4/c23-17(13-15-7-3-1-4-8-15)19(27)25-18(14-16-9-5-2-6-10-16)21(29)26-12-11-24-20(28)22(26)30/h1-10,17-18H,11-14,23H2,(H,24,28)(H,25,27)/t17-,18-/m0/s1. The molecule has 0 aliphatic carbocycles. The topological polar surface area (TPSA) is 122 Å². The van der Waals surface area contributed by atoms with E-state index in [4.69, 9.17) is 5.73 Å². The molecule has 1 fully saturated rings. The summed E-state index contributed by atoms with van der Waals surface area (Å²) >= 11 is 0. The zero-order valence-electron chi connectivity index (χ0n) is 16.4. The average Bonchev–Trinajstić information content (AvgIpc) is 2.76. The highest BCUT2D eigenvalue weighted by Crippen LogP contribution is 2.09. The number of amides is 4. The van der Waals surface area contributed by atoms with E-state index in [0.29, 0.717) is 6.42 Å². The molecule has 2 aromatic carbocycles. The van der Waals surface area contributed by atoms with E-state index in [1.165, 1.54) is 0 Å². The van der Waals surface area contributed by atoms with Gasteiger partial charge in [0, 0.05) is 19.5 Å². The molecule has 3 rings (SSSR count). The molecule has 0 unspecified atom stereocenters. The molecule has 0 saturated carbocycles. The van der Waals surface area contributed by atoms with Gasteiger partial charge in [-0.2, -0.15) is 0 Å². The van der Waals surface area contributed by atoms with Crippen LogP contribution in [0.25, 0.3) is 0 Å². The van der Waals surface area contributed by atoms with Gasteiger partial charge in [-0.25, -0.2) is 0 Å². The molecule has 8 nitrogen and oxygen atoms in total. The number of nitrogens with zero attached hydrogens (tertiary/aromatic N) is 1. The molecule has 0 radical (unpaired) electrons. The number of hydrogen-bond acceptors (Lipinski definition) is 5. The summed E-state index contributed by atoms with van der Waals surface area (Å²) in [5.41, 5.74) is 7.76. The molecule has 4 amide bonds. The molecular formula is C22H24N4O4. The van der Waals surface area contributed by atoms with Crippen LogP contribution in [0.3, 0.4) is 0 Å². The van der Waals surface area contributed by atoms with E-state index in [9.17, 15) is 19.2 Å². The molecule has 2 atom stereocenters. The van der Waals surface area contributed by atoms with E-state index in [0.717, 1.165) is 16.0 Å². The van der Waals surface area contributed by atoms with Gasteiger partial charge in [-0.15, -0.1) is 0 Å². The number of imide groups is 1. The van der Waals surface area contributed by atoms with Crippen LogP contribution in [-0.2, 0) is 32.0 Å². The Morgan fingerprint density at radius 2 is 1.53 bits per heavy atom. The van der Waals surface area contributed by atoms with E-state index in [1.807, 2.05) is 60.7 Å². The van der Waals surface area contributed by atoms with Crippen LogP contribution in [-0.4, -0.2) is 53.7 Å². The number of rotatable bonds is 7. The quantitative estimate of drug-likeness (QED) is 0.547. The Kier molecular flexibility index (Phi) is 6.92. The normalized spacial score (nSPS) is 15.8. The summed E-state index contributed by atoms with van der Waals surface area (Å²) < 4.78 is 0. The molecule has 30 heavy (non-hydrogen) atoms. The maximum absolute atomic E-state index is 13.0. The minimum absolute atomic E-state index is 0.0562. The third-order valence-corrected chi connectivity index (χ3v) is 4.86. The molecule has 8 heteroatoms. The zero-order valence-corrected chi connectivity index (χ0v) is 16.4. The minimum atomic E-state index is -1.02. The second-order valence-corrected chi connectivity index (χ2v) is 7.10. The van der Waals surface area contributed by atoms with Crippen molar-refractivity contribution in [2.24, 2.45) is 5.73 Å². The number of carbonyl (C=O) groups excluding carboxylic acids is 4. The first-order chi connectivity index (χ1) is 14.5. The molecule has 1 aliphatic rings. The molecule has 0 aromatic heterocycles. The number of hydrogen-bond donors (Lipinski definition) is 3. The van der Waals surface area contributed by atoms with Crippen LogP contribution in [0.2, 0.25) is 0 Å². The maximum atomic E-state index is 13.0. The van der Waals surface area contributed by atoms with E-state index in [1.54, 1.807) is 0 Å². The highest BCUT2D eigenvalue weighted by atomic mass is 16.2. The first-order valence-electron chi connectivity index (χ1n) is 9.73. The number of piperazine rings is 1. The SMILES string of the molecule is N[C@@H](Cc1ccccc1)C(=O)N[C@@H](Cc1ccccc1)C(=O)N1CCNC(=O)C1=O. The zero-order chi connectivity index (χ0) is 21.5. The summed E-state index contributed by atoms with van der Waals surface area (Å²) in [7, 11) is 0. The lowest BCUT2D eigenvalue weighted by molar-refractivity contribution is -0.156. The number of benzene rings is 2. The Balaban J connectivity index is 1.75. The Morgan fingerprint density at radius 3 is 2.13 bits per heavy atom. The predicted octanol–water partition coefficient (Wildman–Crippen LogP) is -0.231. The largest absolute Gasteiger partial charge is 0.346 e. The molecule has 4 N–H and O–H groups in total. The van der Waals surface area contributed by atoms with Crippen molar-refractivity contribution in [3.8, 4) is 0 Å². The Bertz CT molecular complexity index is 917. The van der Waals surface area contributed by atoms with Crippen LogP contribution in [0.5, 0.6) is 0 Å². The smallest absolute Gasteiger partial charge is 0.318 e. The predicted molar refractivity (Wildman–Crippen MR) is 110 cm³/mol. The van der Waals surface area contributed by atoms with Crippen LogP contribution in [0.15, 0.2) is 60.7 Å². The van der Waals surface area contributed by atoms with Crippen LogP contribution in [0, 0.1) is 0 Å². The summed E-state index contributed by atoms with van der Waals surface area (Å²) in [6.45, 7) is 0.233. The fourth-order valence-corrected chi connectivity index (χ4v) is 3.27. The monoisotopic (exact) mass is 408 g/mol. The van der Waals surface area contributed by atoms with Crippen molar-refractivity contribution in [2.45, 2.75) is 24.9 Å². The lowest BCUT2D eigenvalue weighted by atomic mass is 10.0. The van der Waals surface area contributed by atoms with Crippen LogP contribution in [0.1, 0.15) is 11.1 Å². The maximum Gasteiger partial charge on any atom is 0.318 e. The van der Waals surface area contributed by atoms with E-state index >= 15 is 0 Å². The van der Waals surface area contributed by atoms with E-state index < -0.39 is 35.7 Å². The highest BCUT2D eigenvalue weighted by Gasteiger charge is 2.36. The Hall–Kier alpha value is -3.52. The van der Waals surface area contributed by atoms with Gasteiger partial charge in [0.1, 0.15) is 6.04 Å². The van der Waals surface area contributed by atoms with Gasteiger partial charge in [0.15, 0.2) is 0 Å². The second-order valence-electron chi connectivity index (χ2n) is 7.10. The van der Waals surface area contributed by atoms with Crippen LogP contribution in [0.4, 0.5) is 0 Å². The molecule has 156 valence electrons. The van der Waals surface area contributed by atoms with Crippen molar-refractivity contribution >= 4 is 23.6 Å². The van der Waals surface area contributed by atoms with Crippen molar-refractivity contribution in [1.82, 2.24) is 15.5 Å². The summed E-state index contributed by atoms with van der Waals surface area (Å²) in [6.07, 6.45) is 0.485. The lowest BCUT2D eigenvalue weighted by Crippen LogP contribution is -2.60. The number of carbonyl (C=O) groups is 4. The molecular weight excluding hydrogens is 384 g/mol. The molecule has 1 aliphatic heterocycles. The summed E-state index contributed by atoms with van der Waals surface area (Å²) in [5.74, 6) is -2.88. The van der Waals surface area contributed by atoms with Gasteiger partial charge in [-0.3, -0.25) is 24.1 Å². The number of nitrogens with one attached hydrogen (secondary N) is 2. The summed E-state index contributed by atoms with van der Waals surface area (Å²) in [4.78, 5) is 50.4. The van der Waals surface area contributed by atoms with E-state index in [-0.39, 0.29) is 19.5 Å². The highest BCUT2D eigenvalue weighted by molar-refractivity contribution is 6.38. The second kappa shape index (κ2) is 9.80. The molecule has 1 heterocycles. The van der Waals surface area contributed by atoms with Gasteiger partial charge in [-0.1, -0.05) is 60.7 Å². The Morgan fingerprint density at radius 1 is 0.967 bits per heavy atom. The summed E-state index contributed by atoms with van der Waals surface area (Å²) in [5, 5.41) is 5.08. The van der Waals surface area contributed by atoms with Gasteiger partial charge in [0.2, 0.25) is 5.91 Å². The van der Waals surface area contributed by atoms with Crippen LogP contribution < -0.4 is 16.4 Å². The van der Waals surface area contributed by atoms with E-state index in [2.05, 4.69) is 10.6 Å². The average molecular weight is 408 g/mol. The lowest BCUT2D eigenvalue weighted by Gasteiger charge is -2.29. The van der Waals surface area contributed by atoms with Crippen molar-refractivity contribution in [2.75, 3.05) is 13.1 Å². The molecule has 1 saturated heterocycles. The van der Waals surface area contributed by atoms with Gasteiger partial charge in [-0.05, 0) is 17.5 Å². The first kappa shape index (κ1) is 21.2. The minimum Gasteiger partial charge on any atom is -0.346 e. The molecule has 0 bridgehead atoms. The third-order valence-electron chi connectivity index (χ3n) is 4.86. The molecule has 0 spiro atoms. The van der Waals surface area contributed by atoms with Crippen molar-refractivity contribution < 1.29 is 19.2 Å². The van der Waals surface area contributed by atoms with Crippen molar-refractivity contribution in [1.29, 1.82) is 0 Å². The molecule has 2 aromatic rings.